The van der Waals surface area contributed by atoms with Crippen LogP contribution < -0.4 is 15.2 Å². The van der Waals surface area contributed by atoms with Gasteiger partial charge in [-0.2, -0.15) is 18.4 Å². The second-order valence-electron chi connectivity index (χ2n) is 7.85. The number of hydrogen-bond acceptors (Lipinski definition) is 6. The van der Waals surface area contributed by atoms with Crippen molar-refractivity contribution in [1.29, 1.82) is 5.26 Å². The van der Waals surface area contributed by atoms with Crippen LogP contribution in [0, 0.1) is 17.2 Å². The first-order valence-electron chi connectivity index (χ1n) is 10.0. The summed E-state index contributed by atoms with van der Waals surface area (Å²) in [6.07, 6.45) is -3.34. The van der Waals surface area contributed by atoms with Crippen molar-refractivity contribution in [3.05, 3.63) is 58.1 Å². The van der Waals surface area contributed by atoms with E-state index in [0.29, 0.717) is 36.2 Å². The number of nitrogens with zero attached hydrogens (tertiary/aromatic N) is 5. The van der Waals surface area contributed by atoms with Gasteiger partial charge in [0.15, 0.2) is 0 Å². The summed E-state index contributed by atoms with van der Waals surface area (Å²) in [6, 6.07) is 9.00. The summed E-state index contributed by atoms with van der Waals surface area (Å²) < 4.78 is 45.5. The summed E-state index contributed by atoms with van der Waals surface area (Å²) in [5.74, 6) is 0.147. The van der Waals surface area contributed by atoms with Gasteiger partial charge < -0.3 is 14.2 Å². The average molecular weight is 443 g/mol. The van der Waals surface area contributed by atoms with E-state index >= 15 is 0 Å². The summed E-state index contributed by atoms with van der Waals surface area (Å²) in [7, 11) is 1.65. The Kier molecular flexibility index (Phi) is 5.50. The molecule has 2 unspecified atom stereocenters. The van der Waals surface area contributed by atoms with E-state index in [1.165, 1.54) is 16.7 Å². The topological polar surface area (TPSA) is 84.0 Å². The minimum atomic E-state index is -4.45. The van der Waals surface area contributed by atoms with E-state index in [1.54, 1.807) is 19.2 Å². The van der Waals surface area contributed by atoms with Crippen LogP contribution in [0.5, 0.6) is 5.88 Å². The molecule has 0 aliphatic carbocycles. The van der Waals surface area contributed by atoms with E-state index in [9.17, 15) is 23.2 Å². The molecule has 7 nitrogen and oxygen atoms in total. The van der Waals surface area contributed by atoms with E-state index < -0.39 is 11.7 Å². The molecule has 2 atom stereocenters. The maximum Gasteiger partial charge on any atom is 0.417 e. The Hall–Kier alpha value is -3.61. The molecule has 1 aliphatic rings. The zero-order chi connectivity index (χ0) is 23.0. The molecule has 0 spiro atoms. The highest BCUT2D eigenvalue weighted by Gasteiger charge is 2.32. The molecule has 0 amide bonds. The lowest BCUT2D eigenvalue weighted by molar-refractivity contribution is -0.137. The SMILES string of the molecule is CC1CN(c2cc(=O)n(C)c3ccc(C#N)nc23)CCC1Oc1ccc(C(F)(F)F)cn1. The van der Waals surface area contributed by atoms with Crippen LogP contribution in [0.15, 0.2) is 41.3 Å². The fourth-order valence-corrected chi connectivity index (χ4v) is 3.91. The van der Waals surface area contributed by atoms with Gasteiger partial charge in [0.25, 0.3) is 5.56 Å². The Morgan fingerprint density at radius 3 is 2.66 bits per heavy atom. The number of nitriles is 1. The maximum absolute atomic E-state index is 12.7. The first kappa shape index (κ1) is 21.6. The number of piperidine rings is 1. The lowest BCUT2D eigenvalue weighted by atomic mass is 9.96. The van der Waals surface area contributed by atoms with Crippen molar-refractivity contribution >= 4 is 16.7 Å². The van der Waals surface area contributed by atoms with Gasteiger partial charge in [-0.25, -0.2) is 9.97 Å². The van der Waals surface area contributed by atoms with Gasteiger partial charge in [-0.3, -0.25) is 4.79 Å². The second-order valence-corrected chi connectivity index (χ2v) is 7.85. The minimum Gasteiger partial charge on any atom is -0.474 e. The molecule has 1 saturated heterocycles. The predicted octanol–water partition coefficient (Wildman–Crippen LogP) is 3.51. The summed E-state index contributed by atoms with van der Waals surface area (Å²) in [5, 5.41) is 9.22. The van der Waals surface area contributed by atoms with Crippen LogP contribution in [0.4, 0.5) is 18.9 Å². The van der Waals surface area contributed by atoms with Gasteiger partial charge >= 0.3 is 6.18 Å². The predicted molar refractivity (Wildman–Crippen MR) is 111 cm³/mol. The number of pyridine rings is 3. The minimum absolute atomic E-state index is 0.00565. The molecular weight excluding hydrogens is 423 g/mol. The standard InChI is InChI=1S/C22H20F3N5O2/c1-13-12-30(8-7-18(13)32-19-6-3-14(11-27-19)22(23,24)25)17-9-20(31)29(2)16-5-4-15(10-26)28-21(16)17/h3-6,9,11,13,18H,7-8,12H2,1-2H3. The van der Waals surface area contributed by atoms with Crippen molar-refractivity contribution in [2.45, 2.75) is 25.6 Å². The normalized spacial score (nSPS) is 19.1. The van der Waals surface area contributed by atoms with Crippen molar-refractivity contribution in [3.8, 4) is 11.9 Å². The Bertz CT molecular complexity index is 1250. The van der Waals surface area contributed by atoms with Crippen molar-refractivity contribution in [1.82, 2.24) is 14.5 Å². The highest BCUT2D eigenvalue weighted by Crippen LogP contribution is 2.31. The molecule has 0 saturated carbocycles. The van der Waals surface area contributed by atoms with Gasteiger partial charge in [0.2, 0.25) is 5.88 Å². The molecule has 3 aromatic heterocycles. The number of hydrogen-bond donors (Lipinski definition) is 0. The van der Waals surface area contributed by atoms with Crippen LogP contribution in [0.25, 0.3) is 11.0 Å². The van der Waals surface area contributed by atoms with E-state index in [1.807, 2.05) is 17.9 Å². The van der Waals surface area contributed by atoms with Crippen LogP contribution in [-0.4, -0.2) is 33.7 Å². The highest BCUT2D eigenvalue weighted by atomic mass is 19.4. The molecule has 166 valence electrons. The van der Waals surface area contributed by atoms with Crippen LogP contribution >= 0.6 is 0 Å². The molecule has 0 aromatic carbocycles. The molecule has 32 heavy (non-hydrogen) atoms. The average Bonchev–Trinajstić information content (AvgIpc) is 2.77. The molecule has 4 rings (SSSR count). The molecule has 4 heterocycles. The van der Waals surface area contributed by atoms with E-state index in [4.69, 9.17) is 4.74 Å². The van der Waals surface area contributed by atoms with Crippen LogP contribution in [-0.2, 0) is 13.2 Å². The third-order valence-corrected chi connectivity index (χ3v) is 5.69. The summed E-state index contributed by atoms with van der Waals surface area (Å²) in [5.41, 5.74) is 1.11. The van der Waals surface area contributed by atoms with Gasteiger partial charge in [0.1, 0.15) is 23.4 Å². The Morgan fingerprint density at radius 2 is 2.03 bits per heavy atom. The van der Waals surface area contributed by atoms with Crippen LogP contribution in [0.2, 0.25) is 0 Å². The molecule has 0 bridgehead atoms. The van der Waals surface area contributed by atoms with Crippen molar-refractivity contribution in [3.63, 3.8) is 0 Å². The molecule has 1 fully saturated rings. The molecule has 3 aromatic rings. The zero-order valence-corrected chi connectivity index (χ0v) is 17.4. The molecule has 10 heteroatoms. The van der Waals surface area contributed by atoms with Gasteiger partial charge in [-0.05, 0) is 18.2 Å². The number of aryl methyl sites for hydroxylation is 1. The molecule has 1 aliphatic heterocycles. The van der Waals surface area contributed by atoms with Gasteiger partial charge in [-0.15, -0.1) is 0 Å². The number of fused-ring (bicyclic) bond motifs is 1. The monoisotopic (exact) mass is 443 g/mol. The quantitative estimate of drug-likeness (QED) is 0.616. The van der Waals surface area contributed by atoms with E-state index in [-0.39, 0.29) is 29.2 Å². The van der Waals surface area contributed by atoms with Crippen LogP contribution in [0.1, 0.15) is 24.6 Å². The van der Waals surface area contributed by atoms with Crippen molar-refractivity contribution < 1.29 is 17.9 Å². The third-order valence-electron chi connectivity index (χ3n) is 5.69. The number of ether oxygens (including phenoxy) is 1. The van der Waals surface area contributed by atoms with E-state index in [0.717, 1.165) is 12.3 Å². The smallest absolute Gasteiger partial charge is 0.417 e. The van der Waals surface area contributed by atoms with Gasteiger partial charge in [0.05, 0.1) is 16.8 Å². The number of aromatic nitrogens is 3. The Balaban J connectivity index is 1.55. The lowest BCUT2D eigenvalue weighted by Gasteiger charge is -2.38. The summed E-state index contributed by atoms with van der Waals surface area (Å²) >= 11 is 0. The first-order valence-corrected chi connectivity index (χ1v) is 10.0. The molecular formula is C22H20F3N5O2. The Morgan fingerprint density at radius 1 is 1.25 bits per heavy atom. The maximum atomic E-state index is 12.7. The van der Waals surface area contributed by atoms with E-state index in [2.05, 4.69) is 9.97 Å². The second kappa shape index (κ2) is 8.15. The number of alkyl halides is 3. The number of rotatable bonds is 3. The fraction of sp³-hybridized carbons (Fsp3) is 0.364. The number of anilines is 1. The van der Waals surface area contributed by atoms with Crippen LogP contribution in [0.3, 0.4) is 0 Å². The summed E-state index contributed by atoms with van der Waals surface area (Å²) in [4.78, 5) is 22.7. The van der Waals surface area contributed by atoms with Crippen molar-refractivity contribution in [2.75, 3.05) is 18.0 Å². The zero-order valence-electron chi connectivity index (χ0n) is 17.4. The fourth-order valence-electron chi connectivity index (χ4n) is 3.91. The van der Waals surface area contributed by atoms with Gasteiger partial charge in [0, 0.05) is 50.8 Å². The Labute approximate surface area is 181 Å². The van der Waals surface area contributed by atoms with Crippen molar-refractivity contribution in [2.24, 2.45) is 13.0 Å². The molecule has 0 radical (unpaired) electrons. The number of halogens is 3. The highest BCUT2D eigenvalue weighted by molar-refractivity contribution is 5.88. The third kappa shape index (κ3) is 4.10. The van der Waals surface area contributed by atoms with Gasteiger partial charge in [-0.1, -0.05) is 6.92 Å². The largest absolute Gasteiger partial charge is 0.474 e. The summed E-state index contributed by atoms with van der Waals surface area (Å²) in [6.45, 7) is 3.07. The lowest BCUT2D eigenvalue weighted by Crippen LogP contribution is -2.45. The first-order chi connectivity index (χ1) is 15.2. The molecule has 0 N–H and O–H groups in total.